The predicted molar refractivity (Wildman–Crippen MR) is 83.2 cm³/mol. The molecule has 1 aliphatic carbocycles. The van der Waals surface area contributed by atoms with E-state index in [0.29, 0.717) is 23.6 Å². The fourth-order valence-corrected chi connectivity index (χ4v) is 3.35. The number of hydrogen-bond donors (Lipinski definition) is 1. The fourth-order valence-electron chi connectivity index (χ4n) is 3.35. The molecule has 1 atom stereocenters. The van der Waals surface area contributed by atoms with Crippen molar-refractivity contribution < 1.29 is 9.84 Å². The van der Waals surface area contributed by atoms with Gasteiger partial charge in [0.25, 0.3) is 0 Å². The van der Waals surface area contributed by atoms with Crippen LogP contribution in [0.4, 0.5) is 0 Å². The minimum atomic E-state index is -0.314. The van der Waals surface area contributed by atoms with Gasteiger partial charge in [0.05, 0.1) is 18.9 Å². The summed E-state index contributed by atoms with van der Waals surface area (Å²) in [6.07, 6.45) is 6.44. The van der Waals surface area contributed by atoms with Crippen LogP contribution in [0, 0.1) is 17.3 Å². The van der Waals surface area contributed by atoms with Crippen LogP contribution in [0.2, 0.25) is 0 Å². The van der Waals surface area contributed by atoms with Crippen molar-refractivity contribution in [2.24, 2.45) is 17.3 Å². The maximum absolute atomic E-state index is 10.5. The zero-order valence-corrected chi connectivity index (χ0v) is 13.7. The normalized spacial score (nSPS) is 24.6. The van der Waals surface area contributed by atoms with Crippen molar-refractivity contribution >= 4 is 0 Å². The lowest BCUT2D eigenvalue weighted by Gasteiger charge is -2.38. The molecule has 0 spiro atoms. The van der Waals surface area contributed by atoms with Crippen LogP contribution in [-0.4, -0.2) is 28.3 Å². The molecule has 1 heterocycles. The highest BCUT2D eigenvalue weighted by Gasteiger charge is 2.32. The molecule has 0 aliphatic heterocycles. The molecule has 1 aliphatic rings. The molecular formula is C17H28N2O2. The van der Waals surface area contributed by atoms with E-state index >= 15 is 0 Å². The Hall–Kier alpha value is -1.16. The van der Waals surface area contributed by atoms with Crippen molar-refractivity contribution in [2.45, 2.75) is 59.0 Å². The summed E-state index contributed by atoms with van der Waals surface area (Å²) in [5, 5.41) is 10.5. The topological polar surface area (TPSA) is 55.2 Å². The van der Waals surface area contributed by atoms with Crippen LogP contribution in [-0.2, 0) is 6.42 Å². The Morgan fingerprint density at radius 1 is 1.24 bits per heavy atom. The number of aliphatic hydroxyl groups is 1. The van der Waals surface area contributed by atoms with Gasteiger partial charge >= 0.3 is 0 Å². The van der Waals surface area contributed by atoms with Crippen LogP contribution >= 0.6 is 0 Å². The molecule has 4 nitrogen and oxygen atoms in total. The molecule has 0 aromatic carbocycles. The maximum Gasteiger partial charge on any atom is 0.216 e. The molecule has 2 rings (SSSR count). The third-order valence-electron chi connectivity index (χ3n) is 4.87. The van der Waals surface area contributed by atoms with Gasteiger partial charge in [-0.15, -0.1) is 0 Å². The van der Waals surface area contributed by atoms with Crippen molar-refractivity contribution in [2.75, 3.05) is 7.11 Å². The van der Waals surface area contributed by atoms with E-state index in [-0.39, 0.29) is 6.10 Å². The second kappa shape index (κ2) is 6.73. The minimum absolute atomic E-state index is 0.314. The highest BCUT2D eigenvalue weighted by atomic mass is 16.5. The zero-order valence-electron chi connectivity index (χ0n) is 13.7. The van der Waals surface area contributed by atoms with E-state index in [2.05, 4.69) is 30.7 Å². The van der Waals surface area contributed by atoms with E-state index in [0.717, 1.165) is 24.5 Å². The van der Waals surface area contributed by atoms with Crippen molar-refractivity contribution in [3.05, 3.63) is 18.1 Å². The lowest BCUT2D eigenvalue weighted by Crippen LogP contribution is -2.31. The summed E-state index contributed by atoms with van der Waals surface area (Å²) >= 11 is 0. The quantitative estimate of drug-likeness (QED) is 0.925. The van der Waals surface area contributed by atoms with E-state index in [9.17, 15) is 5.11 Å². The second-order valence-electron chi connectivity index (χ2n) is 7.30. The molecule has 1 aromatic rings. The molecular weight excluding hydrogens is 264 g/mol. The zero-order chi connectivity index (χ0) is 15.5. The first-order valence-corrected chi connectivity index (χ1v) is 7.93. The van der Waals surface area contributed by atoms with Gasteiger partial charge in [0.15, 0.2) is 0 Å². The molecule has 1 fully saturated rings. The number of aliphatic hydroxyl groups excluding tert-OH is 1. The number of ether oxygens (including phenoxy) is 1. The van der Waals surface area contributed by atoms with Crippen LogP contribution in [0.5, 0.6) is 5.88 Å². The average Bonchev–Trinajstić information content (AvgIpc) is 2.46. The molecule has 0 saturated heterocycles. The summed E-state index contributed by atoms with van der Waals surface area (Å²) < 4.78 is 5.10. The van der Waals surface area contributed by atoms with Crippen LogP contribution < -0.4 is 4.74 Å². The van der Waals surface area contributed by atoms with Gasteiger partial charge in [0.2, 0.25) is 5.88 Å². The summed E-state index contributed by atoms with van der Waals surface area (Å²) in [5.74, 6) is 1.73. The molecule has 1 N–H and O–H groups in total. The molecule has 0 radical (unpaired) electrons. The summed E-state index contributed by atoms with van der Waals surface area (Å²) in [6, 6.07) is 1.81. The molecule has 1 unspecified atom stereocenters. The smallest absolute Gasteiger partial charge is 0.216 e. The van der Waals surface area contributed by atoms with Gasteiger partial charge in [-0.05, 0) is 42.9 Å². The predicted octanol–water partition coefficient (Wildman–Crippen LogP) is 3.24. The number of aromatic nitrogens is 2. The monoisotopic (exact) mass is 292 g/mol. The number of methoxy groups -OCH3 is 1. The number of hydrogen-bond acceptors (Lipinski definition) is 4. The Morgan fingerprint density at radius 2 is 1.90 bits per heavy atom. The third-order valence-corrected chi connectivity index (χ3v) is 4.87. The molecule has 0 amide bonds. The van der Waals surface area contributed by atoms with Crippen molar-refractivity contribution in [1.82, 2.24) is 9.97 Å². The highest BCUT2D eigenvalue weighted by Crippen LogP contribution is 2.40. The Bertz CT molecular complexity index is 448. The maximum atomic E-state index is 10.5. The molecule has 0 bridgehead atoms. The van der Waals surface area contributed by atoms with Crippen LogP contribution in [0.25, 0.3) is 0 Å². The summed E-state index contributed by atoms with van der Waals surface area (Å²) in [4.78, 5) is 8.22. The molecule has 4 heteroatoms. The first-order chi connectivity index (χ1) is 9.90. The average molecular weight is 292 g/mol. The Kier molecular flexibility index (Phi) is 5.20. The molecule has 21 heavy (non-hydrogen) atoms. The summed E-state index contributed by atoms with van der Waals surface area (Å²) in [6.45, 7) is 6.96. The van der Waals surface area contributed by atoms with Gasteiger partial charge in [-0.1, -0.05) is 20.8 Å². The first-order valence-electron chi connectivity index (χ1n) is 7.93. The summed E-state index contributed by atoms with van der Waals surface area (Å²) in [7, 11) is 1.59. The van der Waals surface area contributed by atoms with Gasteiger partial charge < -0.3 is 9.84 Å². The number of rotatable bonds is 4. The Labute approximate surface area is 128 Å². The van der Waals surface area contributed by atoms with Crippen molar-refractivity contribution in [3.8, 4) is 5.88 Å². The van der Waals surface area contributed by atoms with Crippen LogP contribution in [0.1, 0.15) is 52.1 Å². The van der Waals surface area contributed by atoms with Gasteiger partial charge in [0.1, 0.15) is 6.33 Å². The minimum Gasteiger partial charge on any atom is -0.481 e. The first kappa shape index (κ1) is 16.2. The molecule has 1 saturated carbocycles. The van der Waals surface area contributed by atoms with E-state index in [1.54, 1.807) is 7.11 Å². The van der Waals surface area contributed by atoms with E-state index in [1.165, 1.54) is 19.2 Å². The standard InChI is InChI=1S/C17H28N2O2/c1-17(2,3)13-7-5-12(6-8-13)15(20)9-14-10-16(21-4)19-11-18-14/h10-13,15,20H,5-9H2,1-4H3. The second-order valence-corrected chi connectivity index (χ2v) is 7.30. The van der Waals surface area contributed by atoms with E-state index in [4.69, 9.17) is 4.74 Å². The van der Waals surface area contributed by atoms with Gasteiger partial charge in [-0.3, -0.25) is 0 Å². The largest absolute Gasteiger partial charge is 0.481 e. The Morgan fingerprint density at radius 3 is 2.48 bits per heavy atom. The van der Waals surface area contributed by atoms with Gasteiger partial charge in [-0.2, -0.15) is 0 Å². The van der Waals surface area contributed by atoms with Crippen molar-refractivity contribution in [1.29, 1.82) is 0 Å². The third kappa shape index (κ3) is 4.40. The van der Waals surface area contributed by atoms with E-state index < -0.39 is 0 Å². The van der Waals surface area contributed by atoms with Gasteiger partial charge in [-0.25, -0.2) is 9.97 Å². The molecule has 118 valence electrons. The van der Waals surface area contributed by atoms with Crippen LogP contribution in [0.15, 0.2) is 12.4 Å². The SMILES string of the molecule is COc1cc(CC(O)C2CCC(C(C)(C)C)CC2)ncn1. The number of nitrogens with zero attached hydrogens (tertiary/aromatic N) is 2. The van der Waals surface area contributed by atoms with Gasteiger partial charge in [0, 0.05) is 12.5 Å². The van der Waals surface area contributed by atoms with E-state index in [1.807, 2.05) is 6.07 Å². The highest BCUT2D eigenvalue weighted by molar-refractivity contribution is 5.14. The lowest BCUT2D eigenvalue weighted by atomic mass is 9.68. The Balaban J connectivity index is 1.88. The van der Waals surface area contributed by atoms with Crippen molar-refractivity contribution in [3.63, 3.8) is 0 Å². The molecule has 1 aromatic heterocycles. The fraction of sp³-hybridized carbons (Fsp3) is 0.765. The summed E-state index contributed by atoms with van der Waals surface area (Å²) in [5.41, 5.74) is 1.24. The van der Waals surface area contributed by atoms with Crippen LogP contribution in [0.3, 0.4) is 0 Å². The lowest BCUT2D eigenvalue weighted by molar-refractivity contribution is 0.0531.